The molecule has 3 aliphatic carbocycles. The van der Waals surface area contributed by atoms with Crippen LogP contribution in [-0.4, -0.2) is 10.9 Å². The van der Waals surface area contributed by atoms with Crippen molar-refractivity contribution in [2.75, 3.05) is 0 Å². The molecule has 0 aromatic heterocycles. The minimum absolute atomic E-state index is 0.235. The first-order chi connectivity index (χ1) is 14.0. The summed E-state index contributed by atoms with van der Waals surface area (Å²) < 4.78 is 0. The predicted molar refractivity (Wildman–Crippen MR) is 120 cm³/mol. The fourth-order valence-corrected chi connectivity index (χ4v) is 5.47. The van der Waals surface area contributed by atoms with Crippen LogP contribution in [-0.2, 0) is 4.79 Å². The molecule has 2 saturated carbocycles. The number of hydrogen-bond acceptors (Lipinski definition) is 2. The van der Waals surface area contributed by atoms with Crippen LogP contribution >= 0.6 is 0 Å². The van der Waals surface area contributed by atoms with Gasteiger partial charge in [0.15, 0.2) is 5.78 Å². The number of ketones is 1. The topological polar surface area (TPSA) is 37.3 Å². The van der Waals surface area contributed by atoms with Crippen molar-refractivity contribution in [2.45, 2.75) is 84.0 Å². The van der Waals surface area contributed by atoms with Gasteiger partial charge in [-0.15, -0.1) is 0 Å². The van der Waals surface area contributed by atoms with E-state index < -0.39 is 0 Å². The van der Waals surface area contributed by atoms with E-state index in [0.717, 1.165) is 46.3 Å². The molecule has 29 heavy (non-hydrogen) atoms. The molecular formula is C27H34O2. The lowest BCUT2D eigenvalue weighted by molar-refractivity contribution is -0.112. The van der Waals surface area contributed by atoms with Crippen molar-refractivity contribution in [1.29, 1.82) is 0 Å². The lowest BCUT2D eigenvalue weighted by Gasteiger charge is -2.26. The van der Waals surface area contributed by atoms with Crippen LogP contribution in [0, 0.1) is 12.8 Å². The van der Waals surface area contributed by atoms with E-state index in [1.165, 1.54) is 51.4 Å². The molecule has 4 rings (SSSR count). The van der Waals surface area contributed by atoms with E-state index in [4.69, 9.17) is 0 Å². The van der Waals surface area contributed by atoms with Crippen LogP contribution in [0.5, 0.6) is 5.75 Å². The Morgan fingerprint density at radius 1 is 0.862 bits per heavy atom. The number of aryl methyl sites for hydroxylation is 1. The predicted octanol–water partition coefficient (Wildman–Crippen LogP) is 7.17. The summed E-state index contributed by atoms with van der Waals surface area (Å²) in [6.45, 7) is 3.94. The maximum atomic E-state index is 12.8. The first-order valence-electron chi connectivity index (χ1n) is 11.5. The molecule has 0 saturated heterocycles. The normalized spacial score (nSPS) is 23.2. The van der Waals surface area contributed by atoms with Gasteiger partial charge in [-0.2, -0.15) is 0 Å². The number of carbonyl (C=O) groups excluding carboxylic acids is 1. The maximum absolute atomic E-state index is 12.8. The summed E-state index contributed by atoms with van der Waals surface area (Å²) in [6.07, 6.45) is 18.6. The highest BCUT2D eigenvalue weighted by molar-refractivity contribution is 6.10. The largest absolute Gasteiger partial charge is 0.507 e. The Hall–Kier alpha value is -2.09. The van der Waals surface area contributed by atoms with Crippen LogP contribution in [0.15, 0.2) is 41.0 Å². The SMILES string of the molecule is CC1=CC(=Cc2cc(C)c(O)c(C3CCCCC3)c2)C=C(C2CCCCC2)C1=O. The molecule has 0 unspecified atom stereocenters. The summed E-state index contributed by atoms with van der Waals surface area (Å²) in [7, 11) is 0. The second-order valence-electron chi connectivity index (χ2n) is 9.35. The number of Topliss-reactive ketones (excluding diaryl/α,β-unsaturated/α-hetero) is 1. The quantitative estimate of drug-likeness (QED) is 0.594. The third kappa shape index (κ3) is 4.42. The number of phenolic OH excluding ortho intramolecular Hbond substituents is 1. The molecule has 0 bridgehead atoms. The van der Waals surface area contributed by atoms with Crippen LogP contribution in [0.25, 0.3) is 6.08 Å². The minimum atomic E-state index is 0.235. The third-order valence-electron chi connectivity index (χ3n) is 7.10. The molecule has 0 spiro atoms. The fourth-order valence-electron chi connectivity index (χ4n) is 5.47. The highest BCUT2D eigenvalue weighted by atomic mass is 16.3. The number of benzene rings is 1. The second kappa shape index (κ2) is 8.73. The molecule has 0 amide bonds. The highest BCUT2D eigenvalue weighted by Gasteiger charge is 2.26. The molecule has 2 fully saturated rings. The van der Waals surface area contributed by atoms with Gasteiger partial charge >= 0.3 is 0 Å². The summed E-state index contributed by atoms with van der Waals surface area (Å²) >= 11 is 0. The molecule has 0 aliphatic heterocycles. The van der Waals surface area contributed by atoms with Crippen molar-refractivity contribution in [3.05, 3.63) is 57.7 Å². The van der Waals surface area contributed by atoms with Gasteiger partial charge in [-0.1, -0.05) is 38.5 Å². The monoisotopic (exact) mass is 390 g/mol. The number of allylic oxidation sites excluding steroid dienone is 5. The number of rotatable bonds is 3. The van der Waals surface area contributed by atoms with Gasteiger partial charge in [0.1, 0.15) is 5.75 Å². The Kier molecular flexibility index (Phi) is 6.08. The van der Waals surface area contributed by atoms with Crippen molar-refractivity contribution in [1.82, 2.24) is 0 Å². The fraction of sp³-hybridized carbons (Fsp3) is 0.519. The average molecular weight is 391 g/mol. The number of hydrogen-bond donors (Lipinski definition) is 1. The van der Waals surface area contributed by atoms with Crippen LogP contribution < -0.4 is 0 Å². The Morgan fingerprint density at radius 2 is 1.48 bits per heavy atom. The van der Waals surface area contributed by atoms with Crippen molar-refractivity contribution in [2.24, 2.45) is 5.92 Å². The van der Waals surface area contributed by atoms with Crippen LogP contribution in [0.1, 0.15) is 93.7 Å². The zero-order valence-corrected chi connectivity index (χ0v) is 18.0. The summed E-state index contributed by atoms with van der Waals surface area (Å²) in [4.78, 5) is 12.8. The van der Waals surface area contributed by atoms with E-state index in [9.17, 15) is 9.90 Å². The molecule has 0 heterocycles. The van der Waals surface area contributed by atoms with Gasteiger partial charge in [0.05, 0.1) is 0 Å². The molecule has 3 aliphatic rings. The Labute approximate surface area is 175 Å². The average Bonchev–Trinajstić information content (AvgIpc) is 2.74. The summed E-state index contributed by atoms with van der Waals surface area (Å²) in [5.41, 5.74) is 6.17. The molecular weight excluding hydrogens is 356 g/mol. The first kappa shape index (κ1) is 20.2. The van der Waals surface area contributed by atoms with Gasteiger partial charge in [-0.05, 0) is 110 Å². The van der Waals surface area contributed by atoms with Crippen LogP contribution in [0.3, 0.4) is 0 Å². The Bertz CT molecular complexity index is 872. The molecule has 154 valence electrons. The minimum Gasteiger partial charge on any atom is -0.507 e. The molecule has 1 N–H and O–H groups in total. The number of carbonyl (C=O) groups is 1. The van der Waals surface area contributed by atoms with E-state index in [-0.39, 0.29) is 5.78 Å². The zero-order valence-electron chi connectivity index (χ0n) is 18.0. The smallest absolute Gasteiger partial charge is 0.185 e. The van der Waals surface area contributed by atoms with Crippen molar-refractivity contribution < 1.29 is 9.90 Å². The van der Waals surface area contributed by atoms with Gasteiger partial charge in [0.2, 0.25) is 0 Å². The molecule has 1 aromatic rings. The Balaban J connectivity index is 1.68. The van der Waals surface area contributed by atoms with E-state index in [1.807, 2.05) is 19.9 Å². The molecule has 2 nitrogen and oxygen atoms in total. The van der Waals surface area contributed by atoms with Gasteiger partial charge in [0.25, 0.3) is 0 Å². The summed E-state index contributed by atoms with van der Waals surface area (Å²) in [6, 6.07) is 4.25. The summed E-state index contributed by atoms with van der Waals surface area (Å²) in [5.74, 6) is 1.60. The van der Waals surface area contributed by atoms with E-state index in [0.29, 0.717) is 17.6 Å². The van der Waals surface area contributed by atoms with Crippen LogP contribution in [0.2, 0.25) is 0 Å². The summed E-state index contributed by atoms with van der Waals surface area (Å²) in [5, 5.41) is 10.7. The van der Waals surface area contributed by atoms with Gasteiger partial charge in [-0.3, -0.25) is 4.79 Å². The van der Waals surface area contributed by atoms with E-state index >= 15 is 0 Å². The standard InChI is InChI=1S/C27H34O2/c1-18-13-20(16-24(26(18)28)22-9-5-3-6-10-22)15-21-14-19(2)27(29)25(17-21)23-11-7-4-8-12-23/h13-17,22-23,28H,3-12H2,1-2H3. The first-order valence-corrected chi connectivity index (χ1v) is 11.5. The third-order valence-corrected chi connectivity index (χ3v) is 7.10. The number of phenols is 1. The Morgan fingerprint density at radius 3 is 2.14 bits per heavy atom. The highest BCUT2D eigenvalue weighted by Crippen LogP contribution is 2.40. The lowest BCUT2D eigenvalue weighted by Crippen LogP contribution is -2.19. The van der Waals surface area contributed by atoms with Crippen molar-refractivity contribution >= 4 is 11.9 Å². The van der Waals surface area contributed by atoms with E-state index in [1.54, 1.807) is 0 Å². The molecule has 1 aromatic carbocycles. The molecule has 0 radical (unpaired) electrons. The molecule has 0 atom stereocenters. The van der Waals surface area contributed by atoms with Gasteiger partial charge in [-0.25, -0.2) is 0 Å². The second-order valence-corrected chi connectivity index (χ2v) is 9.35. The molecule has 2 heteroatoms. The zero-order chi connectivity index (χ0) is 20.4. The maximum Gasteiger partial charge on any atom is 0.185 e. The van der Waals surface area contributed by atoms with E-state index in [2.05, 4.69) is 24.3 Å². The van der Waals surface area contributed by atoms with Gasteiger partial charge < -0.3 is 5.11 Å². The van der Waals surface area contributed by atoms with Gasteiger partial charge in [0, 0.05) is 5.57 Å². The number of aromatic hydroxyl groups is 1. The lowest BCUT2D eigenvalue weighted by atomic mass is 9.78. The van der Waals surface area contributed by atoms with Crippen molar-refractivity contribution in [3.63, 3.8) is 0 Å². The van der Waals surface area contributed by atoms with Crippen molar-refractivity contribution in [3.8, 4) is 5.75 Å². The van der Waals surface area contributed by atoms with Crippen LogP contribution in [0.4, 0.5) is 0 Å².